The molecule has 8 nitrogen and oxygen atoms in total. The molecule has 0 aliphatic carbocycles. The Kier molecular flexibility index (Phi) is 3.66. The van der Waals surface area contributed by atoms with Crippen LogP contribution >= 0.6 is 0 Å². The van der Waals surface area contributed by atoms with Crippen LogP contribution in [0.5, 0.6) is 0 Å². The quantitative estimate of drug-likeness (QED) is 0.415. The third-order valence-electron chi connectivity index (χ3n) is 2.15. The van der Waals surface area contributed by atoms with Gasteiger partial charge in [-0.3, -0.25) is 4.79 Å². The highest BCUT2D eigenvalue weighted by molar-refractivity contribution is 5.82. The maximum Gasteiger partial charge on any atom is 0.471 e. The minimum absolute atomic E-state index is 0.115. The molecule has 1 aliphatic heterocycles. The lowest BCUT2D eigenvalue weighted by molar-refractivity contribution is -0.186. The Morgan fingerprint density at radius 2 is 1.88 bits per heavy atom. The van der Waals surface area contributed by atoms with Crippen LogP contribution in [0.1, 0.15) is 6.42 Å². The first-order chi connectivity index (χ1) is 7.90. The second-order valence-corrected chi connectivity index (χ2v) is 3.24. The third kappa shape index (κ3) is 2.92. The number of alkyl halides is 3. The van der Waals surface area contributed by atoms with Gasteiger partial charge < -0.3 is 4.90 Å². The first-order valence-electron chi connectivity index (χ1n) is 4.36. The lowest BCUT2D eigenvalue weighted by Gasteiger charge is -2.21. The van der Waals surface area contributed by atoms with Gasteiger partial charge >= 0.3 is 12.1 Å². The van der Waals surface area contributed by atoms with Crippen molar-refractivity contribution in [3.05, 3.63) is 20.9 Å². The molecule has 0 radical (unpaired) electrons. The van der Waals surface area contributed by atoms with E-state index in [1.807, 2.05) is 0 Å². The molecular weight excluding hydrogens is 243 g/mol. The molecule has 1 amide bonds. The molecule has 0 unspecified atom stereocenters. The Morgan fingerprint density at radius 1 is 1.29 bits per heavy atom. The second-order valence-electron chi connectivity index (χ2n) is 3.24. The molecule has 92 valence electrons. The van der Waals surface area contributed by atoms with Gasteiger partial charge in [0.15, 0.2) is 0 Å². The van der Waals surface area contributed by atoms with Crippen molar-refractivity contribution in [1.29, 1.82) is 0 Å². The summed E-state index contributed by atoms with van der Waals surface area (Å²) in [5, 5.41) is 6.28. The second kappa shape index (κ2) is 4.81. The number of azide groups is 2. The van der Waals surface area contributed by atoms with Gasteiger partial charge in [0.25, 0.3) is 0 Å². The summed E-state index contributed by atoms with van der Waals surface area (Å²) in [6.07, 6.45) is -6.44. The lowest BCUT2D eigenvalue weighted by atomic mass is 10.2. The van der Waals surface area contributed by atoms with Crippen molar-refractivity contribution in [2.75, 3.05) is 6.54 Å². The summed E-state index contributed by atoms with van der Waals surface area (Å²) in [5.41, 5.74) is 16.3. The smallest absolute Gasteiger partial charge is 0.326 e. The van der Waals surface area contributed by atoms with E-state index in [2.05, 4.69) is 20.1 Å². The zero-order valence-electron chi connectivity index (χ0n) is 8.24. The van der Waals surface area contributed by atoms with Crippen molar-refractivity contribution < 1.29 is 18.0 Å². The number of nitrogens with zero attached hydrogens (tertiary/aromatic N) is 7. The minimum atomic E-state index is -5.05. The molecule has 11 heteroatoms. The summed E-state index contributed by atoms with van der Waals surface area (Å²) in [7, 11) is 0. The average molecular weight is 249 g/mol. The van der Waals surface area contributed by atoms with Gasteiger partial charge in [-0.1, -0.05) is 10.2 Å². The number of amides is 1. The van der Waals surface area contributed by atoms with E-state index in [9.17, 15) is 18.0 Å². The fraction of sp³-hybridized carbons (Fsp3) is 0.833. The molecule has 0 aromatic carbocycles. The maximum absolute atomic E-state index is 12.2. The van der Waals surface area contributed by atoms with Crippen molar-refractivity contribution in [1.82, 2.24) is 4.90 Å². The van der Waals surface area contributed by atoms with Crippen LogP contribution in [0.15, 0.2) is 10.2 Å². The maximum atomic E-state index is 12.2. The van der Waals surface area contributed by atoms with Gasteiger partial charge in [0.1, 0.15) is 6.17 Å². The van der Waals surface area contributed by atoms with Crippen LogP contribution in [0.4, 0.5) is 13.2 Å². The van der Waals surface area contributed by atoms with Gasteiger partial charge in [0.05, 0.1) is 6.04 Å². The predicted octanol–water partition coefficient (Wildman–Crippen LogP) is 2.10. The summed E-state index contributed by atoms with van der Waals surface area (Å²) in [4.78, 5) is 16.1. The number of halogens is 3. The fourth-order valence-electron chi connectivity index (χ4n) is 1.50. The van der Waals surface area contributed by atoms with Crippen LogP contribution in [0.25, 0.3) is 20.9 Å². The number of hydrogen-bond donors (Lipinski definition) is 0. The minimum Gasteiger partial charge on any atom is -0.326 e. The molecule has 1 heterocycles. The first-order valence-corrected chi connectivity index (χ1v) is 4.36. The Bertz CT molecular complexity index is 408. The molecule has 0 aromatic rings. The predicted molar refractivity (Wildman–Crippen MR) is 48.3 cm³/mol. The Labute approximate surface area is 92.2 Å². The van der Waals surface area contributed by atoms with Gasteiger partial charge in [-0.05, 0) is 17.5 Å². The topological polar surface area (TPSA) is 118 Å². The van der Waals surface area contributed by atoms with E-state index in [1.165, 1.54) is 0 Å². The van der Waals surface area contributed by atoms with E-state index in [0.29, 0.717) is 4.90 Å². The molecule has 1 saturated heterocycles. The third-order valence-corrected chi connectivity index (χ3v) is 2.15. The van der Waals surface area contributed by atoms with Gasteiger partial charge in [-0.15, -0.1) is 0 Å². The Balaban J connectivity index is 2.92. The number of rotatable bonds is 2. The van der Waals surface area contributed by atoms with Crippen LogP contribution in [0, 0.1) is 0 Å². The Hall–Kier alpha value is -2.12. The molecule has 0 aromatic heterocycles. The van der Waals surface area contributed by atoms with Crippen molar-refractivity contribution >= 4 is 5.91 Å². The van der Waals surface area contributed by atoms with E-state index in [1.54, 1.807) is 0 Å². The van der Waals surface area contributed by atoms with Crippen LogP contribution in [-0.4, -0.2) is 35.7 Å². The van der Waals surface area contributed by atoms with E-state index >= 15 is 0 Å². The molecule has 0 N–H and O–H groups in total. The lowest BCUT2D eigenvalue weighted by Crippen LogP contribution is -2.43. The summed E-state index contributed by atoms with van der Waals surface area (Å²) in [6.45, 7) is -0.411. The van der Waals surface area contributed by atoms with Gasteiger partial charge in [-0.2, -0.15) is 13.2 Å². The number of hydrogen-bond acceptors (Lipinski definition) is 3. The van der Waals surface area contributed by atoms with Crippen molar-refractivity contribution in [2.45, 2.75) is 24.8 Å². The summed E-state index contributed by atoms with van der Waals surface area (Å²) >= 11 is 0. The molecule has 1 aliphatic rings. The molecule has 0 spiro atoms. The van der Waals surface area contributed by atoms with Crippen LogP contribution in [0.3, 0.4) is 0 Å². The van der Waals surface area contributed by atoms with Crippen molar-refractivity contribution in [3.63, 3.8) is 0 Å². The van der Waals surface area contributed by atoms with E-state index in [4.69, 9.17) is 11.1 Å². The average Bonchev–Trinajstić information content (AvgIpc) is 2.60. The van der Waals surface area contributed by atoms with Crippen LogP contribution in [0.2, 0.25) is 0 Å². The van der Waals surface area contributed by atoms with Gasteiger partial charge in [-0.25, -0.2) is 0 Å². The number of carbonyl (C=O) groups is 1. The normalized spacial score (nSPS) is 23.8. The first kappa shape index (κ1) is 12.9. The SMILES string of the molecule is [N-]=[N+]=N[C@H]1C[C@H](N=[N+]=[N-])N(C(=O)C(F)(F)F)C1. The highest BCUT2D eigenvalue weighted by Crippen LogP contribution is 2.27. The zero-order valence-corrected chi connectivity index (χ0v) is 8.24. The van der Waals surface area contributed by atoms with Gasteiger partial charge in [0, 0.05) is 16.4 Å². The molecule has 1 rings (SSSR count). The summed E-state index contributed by atoms with van der Waals surface area (Å²) in [5.74, 6) is -2.11. The number of likely N-dealkylation sites (tertiary alicyclic amines) is 1. The molecule has 0 bridgehead atoms. The molecule has 1 fully saturated rings. The van der Waals surface area contributed by atoms with Gasteiger partial charge in [0.2, 0.25) is 0 Å². The Morgan fingerprint density at radius 3 is 2.35 bits per heavy atom. The highest BCUT2D eigenvalue weighted by Gasteiger charge is 2.47. The van der Waals surface area contributed by atoms with Crippen molar-refractivity contribution in [3.8, 4) is 0 Å². The van der Waals surface area contributed by atoms with E-state index in [0.717, 1.165) is 0 Å². The molecule has 2 atom stereocenters. The zero-order chi connectivity index (χ0) is 13.1. The molecule has 17 heavy (non-hydrogen) atoms. The van der Waals surface area contributed by atoms with E-state index in [-0.39, 0.29) is 6.42 Å². The monoisotopic (exact) mass is 249 g/mol. The summed E-state index contributed by atoms with van der Waals surface area (Å²) in [6, 6.07) is -0.818. The number of carbonyl (C=O) groups excluding carboxylic acids is 1. The summed E-state index contributed by atoms with van der Waals surface area (Å²) < 4.78 is 36.6. The standard InChI is InChI=1S/C6H6F3N7O/c7-6(8,9)5(17)16-2-3(12-14-10)1-4(16)13-15-11/h3-4H,1-2H2/t3-,4+/m0/s1. The largest absolute Gasteiger partial charge is 0.471 e. The van der Waals surface area contributed by atoms with Crippen LogP contribution < -0.4 is 0 Å². The fourth-order valence-corrected chi connectivity index (χ4v) is 1.50. The van der Waals surface area contributed by atoms with Crippen molar-refractivity contribution in [2.24, 2.45) is 10.2 Å². The van der Waals surface area contributed by atoms with E-state index < -0.39 is 30.8 Å². The molecular formula is C6H6F3N7O. The van der Waals surface area contributed by atoms with Crippen LogP contribution in [-0.2, 0) is 4.79 Å². The highest BCUT2D eigenvalue weighted by atomic mass is 19.4. The molecule has 0 saturated carbocycles.